The molecule has 0 bridgehead atoms. The first-order valence-electron chi connectivity index (χ1n) is 10.0. The lowest BCUT2D eigenvalue weighted by molar-refractivity contribution is 0.0994. The van der Waals surface area contributed by atoms with Crippen LogP contribution in [0.25, 0.3) is 10.9 Å². The van der Waals surface area contributed by atoms with Gasteiger partial charge in [0.25, 0.3) is 0 Å². The Bertz CT molecular complexity index is 1000. The van der Waals surface area contributed by atoms with Crippen LogP contribution in [-0.2, 0) is 18.3 Å². The second kappa shape index (κ2) is 6.13. The van der Waals surface area contributed by atoms with Gasteiger partial charge in [-0.05, 0) is 81.1 Å². The van der Waals surface area contributed by atoms with E-state index in [1.807, 2.05) is 0 Å². The van der Waals surface area contributed by atoms with Crippen molar-refractivity contribution in [3.63, 3.8) is 0 Å². The summed E-state index contributed by atoms with van der Waals surface area (Å²) in [6.07, 6.45) is 3.46. The first kappa shape index (κ1) is 16.9. The van der Waals surface area contributed by atoms with Crippen molar-refractivity contribution in [1.29, 1.82) is 0 Å². The summed E-state index contributed by atoms with van der Waals surface area (Å²) in [5, 5.41) is 1.43. The number of ether oxygens (including phenoxy) is 1. The minimum atomic E-state index is 0.198. The summed E-state index contributed by atoms with van der Waals surface area (Å²) in [5.41, 5.74) is 7.27. The number of aromatic amines is 1. The van der Waals surface area contributed by atoms with Crippen LogP contribution in [0.5, 0.6) is 5.75 Å². The van der Waals surface area contributed by atoms with Crippen LogP contribution in [0.3, 0.4) is 0 Å². The molecule has 0 amide bonds. The molecule has 140 valence electrons. The topological polar surface area (TPSA) is 28.3 Å². The second-order valence-corrected chi connectivity index (χ2v) is 8.61. The van der Waals surface area contributed by atoms with Crippen molar-refractivity contribution in [1.82, 2.24) is 9.88 Å². The number of rotatable bonds is 2. The number of benzene rings is 2. The van der Waals surface area contributed by atoms with Crippen LogP contribution in [0.1, 0.15) is 28.8 Å². The number of H-pyrrole nitrogens is 1. The Kier molecular flexibility index (Phi) is 3.83. The molecule has 1 unspecified atom stereocenters. The molecular weight excluding hydrogens is 332 g/mol. The third-order valence-corrected chi connectivity index (χ3v) is 6.99. The molecule has 5 rings (SSSR count). The molecule has 3 heteroatoms. The van der Waals surface area contributed by atoms with Gasteiger partial charge in [-0.2, -0.15) is 0 Å². The number of nitrogens with one attached hydrogen (secondary N) is 1. The molecule has 2 heterocycles. The molecule has 0 spiro atoms. The Balaban J connectivity index is 1.66. The lowest BCUT2D eigenvalue weighted by Crippen LogP contribution is -2.52. The zero-order valence-electron chi connectivity index (χ0n) is 16.5. The van der Waals surface area contributed by atoms with Gasteiger partial charge in [0.1, 0.15) is 5.75 Å². The number of fused-ring (bicyclic) bond motifs is 4. The predicted molar refractivity (Wildman–Crippen MR) is 111 cm³/mol. The van der Waals surface area contributed by atoms with Crippen LogP contribution in [0.15, 0.2) is 42.5 Å². The van der Waals surface area contributed by atoms with Gasteiger partial charge in [-0.15, -0.1) is 0 Å². The lowest BCUT2D eigenvalue weighted by Gasteiger charge is -2.50. The van der Waals surface area contributed by atoms with E-state index in [1.165, 1.54) is 34.1 Å². The van der Waals surface area contributed by atoms with Crippen LogP contribution in [0.4, 0.5) is 0 Å². The highest BCUT2D eigenvalue weighted by atomic mass is 16.5. The van der Waals surface area contributed by atoms with Crippen molar-refractivity contribution >= 4 is 10.9 Å². The number of likely N-dealkylation sites (tertiary alicyclic amines) is 1. The lowest BCUT2D eigenvalue weighted by atomic mass is 9.59. The molecule has 1 aliphatic heterocycles. The van der Waals surface area contributed by atoms with E-state index in [0.29, 0.717) is 5.92 Å². The SMILES string of the molecule is COc1cccc([C@]23CCN(C)CC2Cc2c([nH]c4ccc(C)cc24)C3)c1. The summed E-state index contributed by atoms with van der Waals surface area (Å²) in [4.78, 5) is 6.27. The smallest absolute Gasteiger partial charge is 0.119 e. The summed E-state index contributed by atoms with van der Waals surface area (Å²) >= 11 is 0. The molecule has 0 saturated carbocycles. The first-order valence-corrected chi connectivity index (χ1v) is 10.0. The van der Waals surface area contributed by atoms with E-state index < -0.39 is 0 Å². The van der Waals surface area contributed by atoms with Gasteiger partial charge in [0, 0.05) is 28.6 Å². The number of aromatic nitrogens is 1. The van der Waals surface area contributed by atoms with Gasteiger partial charge in [-0.1, -0.05) is 23.8 Å². The fourth-order valence-electron chi connectivity index (χ4n) is 5.51. The summed E-state index contributed by atoms with van der Waals surface area (Å²) < 4.78 is 5.56. The maximum Gasteiger partial charge on any atom is 0.119 e. The minimum Gasteiger partial charge on any atom is -0.497 e. The number of aryl methyl sites for hydroxylation is 1. The number of hydrogen-bond acceptors (Lipinski definition) is 2. The highest BCUT2D eigenvalue weighted by molar-refractivity contribution is 5.85. The quantitative estimate of drug-likeness (QED) is 0.730. The molecule has 1 aromatic heterocycles. The van der Waals surface area contributed by atoms with Crippen molar-refractivity contribution in [2.75, 3.05) is 27.2 Å². The third kappa shape index (κ3) is 2.60. The maximum absolute atomic E-state index is 5.56. The highest BCUT2D eigenvalue weighted by Crippen LogP contribution is 2.49. The molecule has 3 nitrogen and oxygen atoms in total. The maximum atomic E-state index is 5.56. The van der Waals surface area contributed by atoms with Gasteiger partial charge >= 0.3 is 0 Å². The molecule has 2 atom stereocenters. The van der Waals surface area contributed by atoms with Crippen LogP contribution in [0.2, 0.25) is 0 Å². The van der Waals surface area contributed by atoms with Crippen molar-refractivity contribution in [3.8, 4) is 5.75 Å². The summed E-state index contributed by atoms with van der Waals surface area (Å²) in [5.74, 6) is 1.60. The van der Waals surface area contributed by atoms with Crippen molar-refractivity contribution in [3.05, 3.63) is 64.8 Å². The summed E-state index contributed by atoms with van der Waals surface area (Å²) in [6.45, 7) is 4.51. The third-order valence-electron chi connectivity index (χ3n) is 6.99. The fraction of sp³-hybridized carbons (Fsp3) is 0.417. The Hall–Kier alpha value is -2.26. The van der Waals surface area contributed by atoms with E-state index in [9.17, 15) is 0 Å². The predicted octanol–water partition coefficient (Wildman–Crippen LogP) is 4.47. The van der Waals surface area contributed by atoms with Crippen LogP contribution >= 0.6 is 0 Å². The largest absolute Gasteiger partial charge is 0.497 e. The number of piperidine rings is 1. The molecular formula is C24H28N2O. The van der Waals surface area contributed by atoms with Gasteiger partial charge in [-0.25, -0.2) is 0 Å². The average Bonchev–Trinajstić information content (AvgIpc) is 3.02. The average molecular weight is 361 g/mol. The van der Waals surface area contributed by atoms with Crippen LogP contribution < -0.4 is 4.74 Å². The Morgan fingerprint density at radius 3 is 2.93 bits per heavy atom. The zero-order chi connectivity index (χ0) is 18.6. The minimum absolute atomic E-state index is 0.198. The van der Waals surface area contributed by atoms with Crippen molar-refractivity contribution < 1.29 is 4.74 Å². The van der Waals surface area contributed by atoms with E-state index in [2.05, 4.69) is 66.3 Å². The van der Waals surface area contributed by atoms with Gasteiger partial charge in [0.2, 0.25) is 0 Å². The molecule has 0 radical (unpaired) electrons. The van der Waals surface area contributed by atoms with E-state index in [-0.39, 0.29) is 5.41 Å². The van der Waals surface area contributed by atoms with Crippen LogP contribution in [0, 0.1) is 12.8 Å². The molecule has 1 saturated heterocycles. The number of methoxy groups -OCH3 is 1. The molecule has 1 aliphatic carbocycles. The Labute approximate surface area is 161 Å². The zero-order valence-corrected chi connectivity index (χ0v) is 16.5. The molecule has 27 heavy (non-hydrogen) atoms. The highest BCUT2D eigenvalue weighted by Gasteiger charge is 2.47. The van der Waals surface area contributed by atoms with Gasteiger partial charge in [-0.3, -0.25) is 0 Å². The fourth-order valence-corrected chi connectivity index (χ4v) is 5.51. The van der Waals surface area contributed by atoms with Crippen molar-refractivity contribution in [2.45, 2.75) is 31.6 Å². The van der Waals surface area contributed by atoms with E-state index in [4.69, 9.17) is 4.74 Å². The van der Waals surface area contributed by atoms with Gasteiger partial charge in [0.15, 0.2) is 0 Å². The molecule has 3 aromatic rings. The van der Waals surface area contributed by atoms with Crippen LogP contribution in [-0.4, -0.2) is 37.1 Å². The monoisotopic (exact) mass is 360 g/mol. The summed E-state index contributed by atoms with van der Waals surface area (Å²) in [7, 11) is 4.03. The van der Waals surface area contributed by atoms with E-state index >= 15 is 0 Å². The second-order valence-electron chi connectivity index (χ2n) is 8.61. The number of nitrogens with zero attached hydrogens (tertiary/aromatic N) is 1. The van der Waals surface area contributed by atoms with Gasteiger partial charge < -0.3 is 14.6 Å². The Morgan fingerprint density at radius 2 is 2.07 bits per heavy atom. The Morgan fingerprint density at radius 1 is 1.19 bits per heavy atom. The summed E-state index contributed by atoms with van der Waals surface area (Å²) in [6, 6.07) is 15.6. The first-order chi connectivity index (χ1) is 13.1. The van der Waals surface area contributed by atoms with E-state index in [0.717, 1.165) is 31.7 Å². The molecule has 1 N–H and O–H groups in total. The van der Waals surface area contributed by atoms with Gasteiger partial charge in [0.05, 0.1) is 7.11 Å². The normalized spacial score (nSPS) is 25.2. The number of hydrogen-bond donors (Lipinski definition) is 1. The van der Waals surface area contributed by atoms with Crippen molar-refractivity contribution in [2.24, 2.45) is 5.92 Å². The standard InChI is InChI=1S/C24H28N2O/c1-16-7-8-22-20(11-16)21-13-18-15-26(2)10-9-24(18,14-23(21)25-22)17-5-4-6-19(12-17)27-3/h4-8,11-12,18,25H,9-10,13-15H2,1-3H3/t18?,24-/m1/s1. The molecule has 1 fully saturated rings. The van der Waals surface area contributed by atoms with E-state index in [1.54, 1.807) is 12.7 Å². The molecule has 2 aliphatic rings. The molecule has 2 aromatic carbocycles.